The number of hydrogen-bond donors (Lipinski definition) is 3. The molecule has 0 aromatic heterocycles. The first kappa shape index (κ1) is 22.5. The minimum atomic E-state index is -3.76. The number of aryl methyl sites for hydroxylation is 2. The molecule has 0 radical (unpaired) electrons. The van der Waals surface area contributed by atoms with E-state index in [1.807, 2.05) is 26.0 Å². The van der Waals surface area contributed by atoms with E-state index in [2.05, 4.69) is 21.1 Å². The molecule has 31 heavy (non-hydrogen) atoms. The zero-order valence-electron chi connectivity index (χ0n) is 17.4. The van der Waals surface area contributed by atoms with E-state index in [0.29, 0.717) is 11.1 Å². The quantitative estimate of drug-likeness (QED) is 0.384. The van der Waals surface area contributed by atoms with Crippen LogP contribution in [0.1, 0.15) is 22.3 Å². The number of sulfonamides is 1. The first-order chi connectivity index (χ1) is 14.7. The molecular formula is C23H25FN4O2S. The van der Waals surface area contributed by atoms with Gasteiger partial charge in [-0.2, -0.15) is 0 Å². The molecule has 0 aliphatic carbocycles. The van der Waals surface area contributed by atoms with Crippen molar-refractivity contribution in [1.82, 2.24) is 4.72 Å². The van der Waals surface area contributed by atoms with Crippen molar-refractivity contribution in [3.8, 4) is 0 Å². The maximum Gasteiger partial charge on any atom is 0.240 e. The van der Waals surface area contributed by atoms with Crippen LogP contribution in [0.5, 0.6) is 0 Å². The topological polar surface area (TPSA) is 96.6 Å². The SMILES string of the molecule is Cc1cc(C)cc(NC(N)=NCc2cccc(S(=O)(=O)NCc3cccc(F)c3)c2)c1. The summed E-state index contributed by atoms with van der Waals surface area (Å²) in [5.41, 5.74) is 10.3. The summed E-state index contributed by atoms with van der Waals surface area (Å²) in [6, 6.07) is 18.2. The number of nitrogens with zero attached hydrogens (tertiary/aromatic N) is 1. The van der Waals surface area contributed by atoms with Crippen LogP contribution in [0, 0.1) is 19.7 Å². The molecule has 162 valence electrons. The maximum atomic E-state index is 13.3. The minimum Gasteiger partial charge on any atom is -0.370 e. The van der Waals surface area contributed by atoms with Gasteiger partial charge in [-0.3, -0.25) is 0 Å². The third-order valence-corrected chi connectivity index (χ3v) is 5.89. The molecule has 3 rings (SSSR count). The van der Waals surface area contributed by atoms with Gasteiger partial charge in [0.1, 0.15) is 5.82 Å². The maximum absolute atomic E-state index is 13.3. The fraction of sp³-hybridized carbons (Fsp3) is 0.174. The molecule has 4 N–H and O–H groups in total. The van der Waals surface area contributed by atoms with Crippen LogP contribution in [0.25, 0.3) is 0 Å². The Morgan fingerprint density at radius 2 is 1.65 bits per heavy atom. The molecule has 0 aliphatic heterocycles. The molecule has 8 heteroatoms. The number of nitrogens with two attached hydrogens (primary N) is 1. The average Bonchev–Trinajstić information content (AvgIpc) is 2.70. The molecule has 0 atom stereocenters. The van der Waals surface area contributed by atoms with Crippen LogP contribution in [-0.2, 0) is 23.1 Å². The van der Waals surface area contributed by atoms with Crippen LogP contribution in [0.2, 0.25) is 0 Å². The van der Waals surface area contributed by atoms with Gasteiger partial charge in [0.05, 0.1) is 11.4 Å². The fourth-order valence-electron chi connectivity index (χ4n) is 3.13. The Labute approximate surface area is 182 Å². The van der Waals surface area contributed by atoms with Gasteiger partial charge in [0.15, 0.2) is 5.96 Å². The summed E-state index contributed by atoms with van der Waals surface area (Å²) in [5.74, 6) is -0.175. The summed E-state index contributed by atoms with van der Waals surface area (Å²) in [7, 11) is -3.76. The monoisotopic (exact) mass is 440 g/mol. The molecular weight excluding hydrogens is 415 g/mol. The lowest BCUT2D eigenvalue weighted by Crippen LogP contribution is -2.23. The summed E-state index contributed by atoms with van der Waals surface area (Å²) in [6.07, 6.45) is 0. The highest BCUT2D eigenvalue weighted by Crippen LogP contribution is 2.15. The van der Waals surface area contributed by atoms with Crippen molar-refractivity contribution >= 4 is 21.7 Å². The second-order valence-electron chi connectivity index (χ2n) is 7.30. The van der Waals surface area contributed by atoms with Crippen LogP contribution in [-0.4, -0.2) is 14.4 Å². The van der Waals surface area contributed by atoms with Crippen molar-refractivity contribution < 1.29 is 12.8 Å². The lowest BCUT2D eigenvalue weighted by atomic mass is 10.1. The second-order valence-corrected chi connectivity index (χ2v) is 9.07. The number of guanidine groups is 1. The number of nitrogens with one attached hydrogen (secondary N) is 2. The molecule has 0 fully saturated rings. The molecule has 0 spiro atoms. The van der Waals surface area contributed by atoms with Crippen LogP contribution >= 0.6 is 0 Å². The van der Waals surface area contributed by atoms with Crippen molar-refractivity contribution in [3.63, 3.8) is 0 Å². The molecule has 0 heterocycles. The highest BCUT2D eigenvalue weighted by Gasteiger charge is 2.14. The van der Waals surface area contributed by atoms with Gasteiger partial charge in [-0.1, -0.05) is 30.3 Å². The number of halogens is 1. The summed E-state index contributed by atoms with van der Waals surface area (Å²) in [5, 5.41) is 3.05. The molecule has 0 saturated carbocycles. The van der Waals surface area contributed by atoms with Crippen molar-refractivity contribution in [3.05, 3.63) is 94.8 Å². The molecule has 0 amide bonds. The fourth-order valence-corrected chi connectivity index (χ4v) is 4.22. The van der Waals surface area contributed by atoms with Gasteiger partial charge in [-0.25, -0.2) is 22.5 Å². The van der Waals surface area contributed by atoms with E-state index in [0.717, 1.165) is 16.8 Å². The van der Waals surface area contributed by atoms with Gasteiger partial charge in [-0.15, -0.1) is 0 Å². The van der Waals surface area contributed by atoms with Crippen LogP contribution in [0.4, 0.5) is 10.1 Å². The van der Waals surface area contributed by atoms with E-state index in [1.54, 1.807) is 24.3 Å². The molecule has 0 aliphatic rings. The highest BCUT2D eigenvalue weighted by atomic mass is 32.2. The number of benzene rings is 3. The standard InChI is InChI=1S/C23H25FN4O2S/c1-16-9-17(2)11-21(10-16)28-23(25)26-14-19-6-4-8-22(13-19)31(29,30)27-15-18-5-3-7-20(24)12-18/h3-13,27H,14-15H2,1-2H3,(H3,25,26,28). The van der Waals surface area contributed by atoms with E-state index < -0.39 is 15.8 Å². The van der Waals surface area contributed by atoms with Crippen LogP contribution in [0.3, 0.4) is 0 Å². The van der Waals surface area contributed by atoms with E-state index in [1.165, 1.54) is 24.3 Å². The summed E-state index contributed by atoms with van der Waals surface area (Å²) in [6.45, 7) is 4.21. The Balaban J connectivity index is 1.66. The molecule has 0 unspecified atom stereocenters. The van der Waals surface area contributed by atoms with E-state index in [-0.39, 0.29) is 23.9 Å². The van der Waals surface area contributed by atoms with Crippen LogP contribution < -0.4 is 15.8 Å². The average molecular weight is 441 g/mol. The number of aliphatic imine (C=N–C) groups is 1. The molecule has 3 aromatic rings. The predicted molar refractivity (Wildman–Crippen MR) is 122 cm³/mol. The van der Waals surface area contributed by atoms with Crippen molar-refractivity contribution in [2.75, 3.05) is 5.32 Å². The Morgan fingerprint density at radius 3 is 2.35 bits per heavy atom. The molecule has 0 bridgehead atoms. The smallest absolute Gasteiger partial charge is 0.240 e. The summed E-state index contributed by atoms with van der Waals surface area (Å²) < 4.78 is 41.0. The molecule has 6 nitrogen and oxygen atoms in total. The van der Waals surface area contributed by atoms with Gasteiger partial charge in [0, 0.05) is 12.2 Å². The third-order valence-electron chi connectivity index (χ3n) is 4.49. The lowest BCUT2D eigenvalue weighted by molar-refractivity contribution is 0.580. The van der Waals surface area contributed by atoms with Crippen molar-refractivity contribution in [1.29, 1.82) is 0 Å². The van der Waals surface area contributed by atoms with E-state index in [4.69, 9.17) is 5.73 Å². The van der Waals surface area contributed by atoms with Gasteiger partial charge >= 0.3 is 0 Å². The van der Waals surface area contributed by atoms with Gasteiger partial charge in [0.2, 0.25) is 10.0 Å². The van der Waals surface area contributed by atoms with Crippen molar-refractivity contribution in [2.45, 2.75) is 31.8 Å². The normalized spacial score (nSPS) is 12.0. The van der Waals surface area contributed by atoms with E-state index in [9.17, 15) is 12.8 Å². The highest BCUT2D eigenvalue weighted by molar-refractivity contribution is 7.89. The van der Waals surface area contributed by atoms with Gasteiger partial charge < -0.3 is 11.1 Å². The molecule has 0 saturated heterocycles. The first-order valence-electron chi connectivity index (χ1n) is 9.69. The number of hydrogen-bond acceptors (Lipinski definition) is 3. The summed E-state index contributed by atoms with van der Waals surface area (Å²) in [4.78, 5) is 4.41. The number of rotatable bonds is 7. The lowest BCUT2D eigenvalue weighted by Gasteiger charge is -2.09. The van der Waals surface area contributed by atoms with Crippen LogP contribution in [0.15, 0.2) is 76.6 Å². The number of anilines is 1. The Bertz CT molecular complexity index is 1190. The zero-order valence-corrected chi connectivity index (χ0v) is 18.2. The van der Waals surface area contributed by atoms with E-state index >= 15 is 0 Å². The molecule has 3 aromatic carbocycles. The Hall–Kier alpha value is -3.23. The minimum absolute atomic E-state index is 0.00471. The van der Waals surface area contributed by atoms with Gasteiger partial charge in [-0.05, 0) is 72.5 Å². The zero-order chi connectivity index (χ0) is 22.4. The summed E-state index contributed by atoms with van der Waals surface area (Å²) >= 11 is 0. The third kappa shape index (κ3) is 6.63. The Morgan fingerprint density at radius 1 is 0.968 bits per heavy atom. The predicted octanol–water partition coefficient (Wildman–Crippen LogP) is 3.85. The largest absolute Gasteiger partial charge is 0.370 e. The van der Waals surface area contributed by atoms with Gasteiger partial charge in [0.25, 0.3) is 0 Å². The Kier molecular flexibility index (Phi) is 7.04. The van der Waals surface area contributed by atoms with Crippen molar-refractivity contribution in [2.24, 2.45) is 10.7 Å². The first-order valence-corrected chi connectivity index (χ1v) is 11.2. The second kappa shape index (κ2) is 9.72.